The van der Waals surface area contributed by atoms with Crippen molar-refractivity contribution in [1.82, 2.24) is 4.98 Å². The number of hydrogen-bond donors (Lipinski definition) is 1. The molecule has 1 aromatic heterocycles. The van der Waals surface area contributed by atoms with Crippen molar-refractivity contribution >= 4 is 23.0 Å². The Morgan fingerprint density at radius 3 is 2.82 bits per heavy atom. The van der Waals surface area contributed by atoms with E-state index in [-0.39, 0.29) is 0 Å². The Morgan fingerprint density at radius 2 is 2.12 bits per heavy atom. The van der Waals surface area contributed by atoms with Gasteiger partial charge in [0.1, 0.15) is 6.07 Å². The van der Waals surface area contributed by atoms with Crippen LogP contribution in [-0.4, -0.2) is 4.98 Å². The van der Waals surface area contributed by atoms with E-state index in [2.05, 4.69) is 10.3 Å². The van der Waals surface area contributed by atoms with E-state index >= 15 is 0 Å². The maximum atomic E-state index is 8.94. The molecule has 84 valence electrons. The van der Waals surface area contributed by atoms with Crippen LogP contribution in [-0.2, 0) is 0 Å². The molecule has 0 radical (unpaired) electrons. The summed E-state index contributed by atoms with van der Waals surface area (Å²) < 4.78 is 0. The number of halogens is 1. The van der Waals surface area contributed by atoms with Crippen LogP contribution in [0.15, 0.2) is 36.5 Å². The van der Waals surface area contributed by atoms with E-state index in [4.69, 9.17) is 16.9 Å². The maximum Gasteiger partial charge on any atom is 0.163 e. The van der Waals surface area contributed by atoms with Gasteiger partial charge in [-0.2, -0.15) is 5.26 Å². The first-order chi connectivity index (χ1) is 8.20. The van der Waals surface area contributed by atoms with Gasteiger partial charge in [-0.05, 0) is 42.8 Å². The highest BCUT2D eigenvalue weighted by Gasteiger charge is 2.04. The molecule has 0 aliphatic carbocycles. The highest BCUT2D eigenvalue weighted by molar-refractivity contribution is 6.30. The number of rotatable bonds is 2. The molecule has 0 saturated carbocycles. The fourth-order valence-corrected chi connectivity index (χ4v) is 1.73. The van der Waals surface area contributed by atoms with Gasteiger partial charge in [-0.1, -0.05) is 11.6 Å². The quantitative estimate of drug-likeness (QED) is 0.876. The summed E-state index contributed by atoms with van der Waals surface area (Å²) in [7, 11) is 0. The number of nitriles is 1. The summed E-state index contributed by atoms with van der Waals surface area (Å²) in [6, 6.07) is 11.2. The minimum absolute atomic E-state index is 0.377. The van der Waals surface area contributed by atoms with Crippen LogP contribution in [0.3, 0.4) is 0 Å². The molecular weight excluding hydrogens is 234 g/mol. The zero-order valence-electron chi connectivity index (χ0n) is 9.24. The van der Waals surface area contributed by atoms with Gasteiger partial charge in [-0.25, -0.2) is 4.98 Å². The van der Waals surface area contributed by atoms with Crippen molar-refractivity contribution in [2.24, 2.45) is 0 Å². The third kappa shape index (κ3) is 2.55. The largest absolute Gasteiger partial charge is 0.353 e. The van der Waals surface area contributed by atoms with Gasteiger partial charge in [-0.3, -0.25) is 0 Å². The van der Waals surface area contributed by atoms with E-state index < -0.39 is 0 Å². The molecule has 0 atom stereocenters. The number of benzene rings is 1. The van der Waals surface area contributed by atoms with Crippen LogP contribution >= 0.6 is 11.6 Å². The molecule has 0 spiro atoms. The Kier molecular flexibility index (Phi) is 3.27. The van der Waals surface area contributed by atoms with Crippen LogP contribution in [0.2, 0.25) is 5.02 Å². The van der Waals surface area contributed by atoms with Crippen LogP contribution in [0.25, 0.3) is 0 Å². The molecule has 1 heterocycles. The van der Waals surface area contributed by atoms with Gasteiger partial charge >= 0.3 is 0 Å². The second-order valence-electron chi connectivity index (χ2n) is 3.60. The van der Waals surface area contributed by atoms with Crippen LogP contribution in [0.5, 0.6) is 0 Å². The van der Waals surface area contributed by atoms with Gasteiger partial charge in [0.25, 0.3) is 0 Å². The third-order valence-corrected chi connectivity index (χ3v) is 2.61. The molecule has 1 N–H and O–H groups in total. The Labute approximate surface area is 105 Å². The first-order valence-electron chi connectivity index (χ1n) is 5.09. The minimum atomic E-state index is 0.377. The molecular formula is C13H10ClN3. The molecule has 1 aromatic carbocycles. The van der Waals surface area contributed by atoms with Gasteiger partial charge in [0.15, 0.2) is 5.69 Å². The van der Waals surface area contributed by atoms with Gasteiger partial charge < -0.3 is 5.32 Å². The van der Waals surface area contributed by atoms with Crippen molar-refractivity contribution in [3.05, 3.63) is 52.8 Å². The van der Waals surface area contributed by atoms with Crippen molar-refractivity contribution in [1.29, 1.82) is 5.26 Å². The predicted octanol–water partition coefficient (Wildman–Crippen LogP) is 3.66. The van der Waals surface area contributed by atoms with E-state index in [1.165, 1.54) is 0 Å². The lowest BCUT2D eigenvalue weighted by atomic mass is 10.2. The first-order valence-corrected chi connectivity index (χ1v) is 5.47. The molecule has 17 heavy (non-hydrogen) atoms. The summed E-state index contributed by atoms with van der Waals surface area (Å²) in [5.74, 6) is 0. The molecule has 2 aromatic rings. The molecule has 2 rings (SSSR count). The molecule has 0 aliphatic heterocycles. The smallest absolute Gasteiger partial charge is 0.163 e. The summed E-state index contributed by atoms with van der Waals surface area (Å²) in [4.78, 5) is 3.99. The number of nitrogens with one attached hydrogen (secondary N) is 1. The number of nitrogens with zero attached hydrogens (tertiary/aromatic N) is 2. The predicted molar refractivity (Wildman–Crippen MR) is 68.4 cm³/mol. The van der Waals surface area contributed by atoms with Gasteiger partial charge in [0.05, 0.1) is 5.69 Å². The zero-order chi connectivity index (χ0) is 12.3. The van der Waals surface area contributed by atoms with Gasteiger partial charge in [-0.15, -0.1) is 0 Å². The Hall–Kier alpha value is -2.05. The maximum absolute atomic E-state index is 8.94. The van der Waals surface area contributed by atoms with Crippen molar-refractivity contribution < 1.29 is 0 Å². The van der Waals surface area contributed by atoms with E-state index in [1.54, 1.807) is 18.3 Å². The normalized spacial score (nSPS) is 9.71. The second kappa shape index (κ2) is 4.86. The fraction of sp³-hybridized carbons (Fsp3) is 0.0769. The molecule has 0 bridgehead atoms. The Morgan fingerprint density at radius 1 is 1.29 bits per heavy atom. The van der Waals surface area contributed by atoms with E-state index in [9.17, 15) is 0 Å². The Bertz CT molecular complexity index is 587. The summed E-state index contributed by atoms with van der Waals surface area (Å²) >= 11 is 5.89. The molecule has 3 nitrogen and oxygen atoms in total. The van der Waals surface area contributed by atoms with Crippen LogP contribution in [0, 0.1) is 18.3 Å². The van der Waals surface area contributed by atoms with Crippen LogP contribution in [0.1, 0.15) is 11.3 Å². The summed E-state index contributed by atoms with van der Waals surface area (Å²) in [5, 5.41) is 12.8. The summed E-state index contributed by atoms with van der Waals surface area (Å²) in [6.07, 6.45) is 1.60. The lowest BCUT2D eigenvalue weighted by molar-refractivity contribution is 1.26. The van der Waals surface area contributed by atoms with Crippen molar-refractivity contribution in [3.8, 4) is 6.07 Å². The fourth-order valence-electron chi connectivity index (χ4n) is 1.51. The molecule has 0 unspecified atom stereocenters. The van der Waals surface area contributed by atoms with E-state index in [0.717, 1.165) is 11.3 Å². The number of aromatic nitrogens is 1. The summed E-state index contributed by atoms with van der Waals surface area (Å²) in [5.41, 5.74) is 3.01. The molecule has 0 aliphatic rings. The number of hydrogen-bond acceptors (Lipinski definition) is 3. The SMILES string of the molecule is Cc1cc(Cl)ccc1Nc1cccnc1C#N. The topological polar surface area (TPSA) is 48.7 Å². The monoisotopic (exact) mass is 243 g/mol. The van der Waals surface area contributed by atoms with Crippen molar-refractivity contribution in [2.75, 3.05) is 5.32 Å². The summed E-state index contributed by atoms with van der Waals surface area (Å²) in [6.45, 7) is 1.95. The standard InChI is InChI=1S/C13H10ClN3/c1-9-7-10(14)4-5-11(9)17-12-3-2-6-16-13(12)8-15/h2-7,17H,1H3. The minimum Gasteiger partial charge on any atom is -0.353 e. The zero-order valence-corrected chi connectivity index (χ0v) is 9.99. The van der Waals surface area contributed by atoms with Gasteiger partial charge in [0.2, 0.25) is 0 Å². The number of pyridine rings is 1. The van der Waals surface area contributed by atoms with E-state index in [1.807, 2.05) is 31.2 Å². The lowest BCUT2D eigenvalue weighted by Crippen LogP contribution is -1.97. The average Bonchev–Trinajstić information content (AvgIpc) is 2.33. The van der Waals surface area contributed by atoms with Crippen molar-refractivity contribution in [3.63, 3.8) is 0 Å². The van der Waals surface area contributed by atoms with Crippen molar-refractivity contribution in [2.45, 2.75) is 6.92 Å². The number of aryl methyl sites for hydroxylation is 1. The lowest BCUT2D eigenvalue weighted by Gasteiger charge is -2.10. The van der Waals surface area contributed by atoms with Crippen LogP contribution < -0.4 is 5.32 Å². The van der Waals surface area contributed by atoms with Gasteiger partial charge in [0, 0.05) is 16.9 Å². The highest BCUT2D eigenvalue weighted by Crippen LogP contribution is 2.24. The Balaban J connectivity index is 2.35. The number of anilines is 2. The molecule has 0 saturated heterocycles. The molecule has 0 fully saturated rings. The third-order valence-electron chi connectivity index (χ3n) is 2.37. The van der Waals surface area contributed by atoms with Crippen LogP contribution in [0.4, 0.5) is 11.4 Å². The first kappa shape index (κ1) is 11.4. The van der Waals surface area contributed by atoms with E-state index in [0.29, 0.717) is 16.4 Å². The molecule has 0 amide bonds. The second-order valence-corrected chi connectivity index (χ2v) is 4.03. The highest BCUT2D eigenvalue weighted by atomic mass is 35.5. The average molecular weight is 244 g/mol. The molecule has 4 heteroatoms.